The van der Waals surface area contributed by atoms with Crippen LogP contribution in [0.4, 0.5) is 0 Å². The minimum atomic E-state index is 0.492. The fraction of sp³-hybridized carbons (Fsp3) is 0.500. The van der Waals surface area contributed by atoms with Gasteiger partial charge in [-0.05, 0) is 30.2 Å². The molecule has 1 saturated heterocycles. The molecule has 1 fully saturated rings. The molecule has 0 bridgehead atoms. The molecule has 4 nitrogen and oxygen atoms in total. The van der Waals surface area contributed by atoms with Crippen LogP contribution in [-0.4, -0.2) is 20.4 Å². The summed E-state index contributed by atoms with van der Waals surface area (Å²) in [6, 6.07) is 4.01. The van der Waals surface area contributed by atoms with Crippen LogP contribution in [0.1, 0.15) is 35.9 Å². The van der Waals surface area contributed by atoms with Crippen molar-refractivity contribution < 1.29 is 0 Å². The quantitative estimate of drug-likeness (QED) is 0.884. The van der Waals surface area contributed by atoms with Crippen LogP contribution in [0, 0.1) is 0 Å². The van der Waals surface area contributed by atoms with Crippen LogP contribution in [0.15, 0.2) is 18.3 Å². The molecular weight excluding hydrogens is 232 g/mol. The first kappa shape index (κ1) is 11.0. The van der Waals surface area contributed by atoms with Gasteiger partial charge in [-0.15, -0.1) is 10.2 Å². The highest BCUT2D eigenvalue weighted by Crippen LogP contribution is 2.37. The van der Waals surface area contributed by atoms with E-state index in [0.717, 1.165) is 17.0 Å². The Morgan fingerprint density at radius 1 is 1.35 bits per heavy atom. The molecule has 2 aromatic heterocycles. The number of thioether (sulfide) groups is 1. The summed E-state index contributed by atoms with van der Waals surface area (Å²) in [5.41, 5.74) is 7.72. The SMILES string of the molecule is NCc1ccc2nnc(C3CCCCS3)n2c1. The van der Waals surface area contributed by atoms with E-state index in [-0.39, 0.29) is 0 Å². The Balaban J connectivity index is 2.02. The molecular formula is C12H16N4S. The number of hydrogen-bond acceptors (Lipinski definition) is 4. The zero-order chi connectivity index (χ0) is 11.7. The van der Waals surface area contributed by atoms with Crippen molar-refractivity contribution >= 4 is 17.4 Å². The molecule has 0 aliphatic carbocycles. The first-order valence-corrected chi connectivity index (χ1v) is 7.08. The van der Waals surface area contributed by atoms with Gasteiger partial charge in [0, 0.05) is 12.7 Å². The zero-order valence-electron chi connectivity index (χ0n) is 9.67. The van der Waals surface area contributed by atoms with E-state index >= 15 is 0 Å². The van der Waals surface area contributed by atoms with Crippen LogP contribution in [0.2, 0.25) is 0 Å². The third-order valence-electron chi connectivity index (χ3n) is 3.19. The van der Waals surface area contributed by atoms with Crippen molar-refractivity contribution in [2.75, 3.05) is 5.75 Å². The summed E-state index contributed by atoms with van der Waals surface area (Å²) >= 11 is 1.99. The number of aromatic nitrogens is 3. The van der Waals surface area contributed by atoms with E-state index in [1.54, 1.807) is 0 Å². The van der Waals surface area contributed by atoms with Crippen molar-refractivity contribution in [3.63, 3.8) is 0 Å². The Kier molecular flexibility index (Phi) is 3.03. The van der Waals surface area contributed by atoms with Gasteiger partial charge in [-0.2, -0.15) is 11.8 Å². The number of fused-ring (bicyclic) bond motifs is 1. The van der Waals surface area contributed by atoms with Gasteiger partial charge in [-0.3, -0.25) is 4.40 Å². The van der Waals surface area contributed by atoms with Crippen LogP contribution in [-0.2, 0) is 6.54 Å². The Hall–Kier alpha value is -1.07. The number of pyridine rings is 1. The molecule has 0 aromatic carbocycles. The summed E-state index contributed by atoms with van der Waals surface area (Å²) in [5.74, 6) is 2.32. The van der Waals surface area contributed by atoms with Gasteiger partial charge in [0.2, 0.25) is 0 Å². The van der Waals surface area contributed by atoms with Crippen molar-refractivity contribution in [1.29, 1.82) is 0 Å². The average molecular weight is 248 g/mol. The maximum absolute atomic E-state index is 5.68. The van der Waals surface area contributed by atoms with Gasteiger partial charge in [0.1, 0.15) is 0 Å². The standard InChI is InChI=1S/C12H16N4S/c13-7-9-4-5-11-14-15-12(16(11)8-9)10-3-1-2-6-17-10/h4-5,8,10H,1-3,6-7,13H2. The second kappa shape index (κ2) is 4.66. The second-order valence-corrected chi connectivity index (χ2v) is 5.69. The first-order chi connectivity index (χ1) is 8.38. The molecule has 1 unspecified atom stereocenters. The van der Waals surface area contributed by atoms with E-state index < -0.39 is 0 Å². The molecule has 0 saturated carbocycles. The predicted octanol–water partition coefficient (Wildman–Crippen LogP) is 2.15. The summed E-state index contributed by atoms with van der Waals surface area (Å²) in [6.45, 7) is 0.561. The molecule has 3 rings (SSSR count). The molecule has 2 aromatic rings. The smallest absolute Gasteiger partial charge is 0.160 e. The molecule has 0 spiro atoms. The molecule has 90 valence electrons. The highest BCUT2D eigenvalue weighted by atomic mass is 32.2. The summed E-state index contributed by atoms with van der Waals surface area (Å²) < 4.78 is 2.10. The fourth-order valence-electron chi connectivity index (χ4n) is 2.24. The van der Waals surface area contributed by atoms with E-state index in [4.69, 9.17) is 5.73 Å². The summed E-state index contributed by atoms with van der Waals surface area (Å²) in [5, 5.41) is 9.07. The lowest BCUT2D eigenvalue weighted by molar-refractivity contribution is 0.657. The third-order valence-corrected chi connectivity index (χ3v) is 4.57. The maximum atomic E-state index is 5.68. The number of rotatable bonds is 2. The first-order valence-electron chi connectivity index (χ1n) is 6.04. The van der Waals surface area contributed by atoms with Gasteiger partial charge in [0.25, 0.3) is 0 Å². The second-order valence-electron chi connectivity index (χ2n) is 4.38. The van der Waals surface area contributed by atoms with Gasteiger partial charge in [0.05, 0.1) is 5.25 Å². The molecule has 5 heteroatoms. The van der Waals surface area contributed by atoms with Crippen molar-refractivity contribution in [3.8, 4) is 0 Å². The molecule has 3 heterocycles. The largest absolute Gasteiger partial charge is 0.326 e. The number of nitrogens with zero attached hydrogens (tertiary/aromatic N) is 3. The maximum Gasteiger partial charge on any atom is 0.160 e. The Morgan fingerprint density at radius 3 is 3.06 bits per heavy atom. The van der Waals surface area contributed by atoms with Crippen molar-refractivity contribution in [2.45, 2.75) is 31.1 Å². The molecule has 2 N–H and O–H groups in total. The molecule has 0 amide bonds. The topological polar surface area (TPSA) is 56.2 Å². The Morgan fingerprint density at radius 2 is 2.29 bits per heavy atom. The molecule has 1 aliphatic heterocycles. The third kappa shape index (κ3) is 2.05. The minimum Gasteiger partial charge on any atom is -0.326 e. The van der Waals surface area contributed by atoms with Gasteiger partial charge in [-0.25, -0.2) is 0 Å². The highest BCUT2D eigenvalue weighted by Gasteiger charge is 2.21. The van der Waals surface area contributed by atoms with Gasteiger partial charge >= 0.3 is 0 Å². The molecule has 17 heavy (non-hydrogen) atoms. The summed E-state index contributed by atoms with van der Waals surface area (Å²) in [6.07, 6.45) is 5.90. The summed E-state index contributed by atoms with van der Waals surface area (Å²) in [7, 11) is 0. The van der Waals surface area contributed by atoms with E-state index in [9.17, 15) is 0 Å². The Labute approximate surface area is 105 Å². The number of nitrogens with two attached hydrogens (primary N) is 1. The van der Waals surface area contributed by atoms with Crippen LogP contribution in [0.25, 0.3) is 5.65 Å². The highest BCUT2D eigenvalue weighted by molar-refractivity contribution is 7.99. The Bertz CT molecular complexity index is 516. The fourth-order valence-corrected chi connectivity index (χ4v) is 3.54. The molecule has 0 radical (unpaired) electrons. The van der Waals surface area contributed by atoms with Gasteiger partial charge in [-0.1, -0.05) is 12.5 Å². The van der Waals surface area contributed by atoms with E-state index in [0.29, 0.717) is 11.8 Å². The van der Waals surface area contributed by atoms with Crippen LogP contribution in [0.3, 0.4) is 0 Å². The normalized spacial score (nSPS) is 20.9. The predicted molar refractivity (Wildman–Crippen MR) is 69.9 cm³/mol. The summed E-state index contributed by atoms with van der Waals surface area (Å²) in [4.78, 5) is 0. The van der Waals surface area contributed by atoms with E-state index in [1.807, 2.05) is 23.9 Å². The van der Waals surface area contributed by atoms with Crippen LogP contribution in [0.5, 0.6) is 0 Å². The molecule has 1 atom stereocenters. The van der Waals surface area contributed by atoms with E-state index in [2.05, 4.69) is 20.8 Å². The zero-order valence-corrected chi connectivity index (χ0v) is 10.5. The number of hydrogen-bond donors (Lipinski definition) is 1. The minimum absolute atomic E-state index is 0.492. The van der Waals surface area contributed by atoms with E-state index in [1.165, 1.54) is 25.0 Å². The lowest BCUT2D eigenvalue weighted by Gasteiger charge is -2.19. The van der Waals surface area contributed by atoms with Crippen LogP contribution >= 0.6 is 11.8 Å². The lowest BCUT2D eigenvalue weighted by atomic mass is 10.2. The monoisotopic (exact) mass is 248 g/mol. The molecule has 1 aliphatic rings. The van der Waals surface area contributed by atoms with Crippen LogP contribution < -0.4 is 5.73 Å². The lowest BCUT2D eigenvalue weighted by Crippen LogP contribution is -2.07. The van der Waals surface area contributed by atoms with Crippen molar-refractivity contribution in [3.05, 3.63) is 29.7 Å². The van der Waals surface area contributed by atoms with Crippen molar-refractivity contribution in [1.82, 2.24) is 14.6 Å². The van der Waals surface area contributed by atoms with Crippen molar-refractivity contribution in [2.24, 2.45) is 5.73 Å². The average Bonchev–Trinajstić information content (AvgIpc) is 2.82. The van der Waals surface area contributed by atoms with Gasteiger partial charge < -0.3 is 5.73 Å². The van der Waals surface area contributed by atoms with Gasteiger partial charge in [0.15, 0.2) is 11.5 Å².